The van der Waals surface area contributed by atoms with Gasteiger partial charge in [0.25, 0.3) is 5.91 Å². The maximum Gasteiger partial charge on any atom is 0.258 e. The van der Waals surface area contributed by atoms with Crippen LogP contribution in [0, 0.1) is 6.92 Å². The summed E-state index contributed by atoms with van der Waals surface area (Å²) in [6.45, 7) is 5.16. The van der Waals surface area contributed by atoms with Crippen LogP contribution in [-0.2, 0) is 9.59 Å². The van der Waals surface area contributed by atoms with Gasteiger partial charge in [-0.25, -0.2) is 0 Å². The van der Waals surface area contributed by atoms with E-state index >= 15 is 0 Å². The number of aryl methyl sites for hydroxylation is 1. The van der Waals surface area contributed by atoms with Gasteiger partial charge in [-0.2, -0.15) is 0 Å². The number of nitrogens with one attached hydrogen (secondary N) is 2. The fourth-order valence-electron chi connectivity index (χ4n) is 2.41. The molecule has 148 valence electrons. The molecule has 2 aromatic rings. The third-order valence-corrected chi connectivity index (χ3v) is 3.74. The van der Waals surface area contributed by atoms with E-state index in [1.54, 1.807) is 12.1 Å². The van der Waals surface area contributed by atoms with Crippen molar-refractivity contribution in [3.8, 4) is 11.5 Å². The van der Waals surface area contributed by atoms with Crippen molar-refractivity contribution in [1.29, 1.82) is 0 Å². The van der Waals surface area contributed by atoms with E-state index in [-0.39, 0.29) is 30.0 Å². The summed E-state index contributed by atoms with van der Waals surface area (Å²) in [5, 5.41) is 5.30. The second-order valence-electron chi connectivity index (χ2n) is 6.25. The summed E-state index contributed by atoms with van der Waals surface area (Å²) in [4.78, 5) is 34.8. The first-order valence-corrected chi connectivity index (χ1v) is 8.86. The Balaban J connectivity index is 1.84. The fraction of sp³-hybridized carbons (Fsp3) is 0.286. The summed E-state index contributed by atoms with van der Waals surface area (Å²) in [7, 11) is 0. The molecular weight excluding hydrogens is 360 g/mol. The number of rotatable bonds is 9. The van der Waals surface area contributed by atoms with E-state index in [2.05, 4.69) is 10.6 Å². The number of hydrogen-bond donors (Lipinski definition) is 2. The molecule has 0 spiro atoms. The van der Waals surface area contributed by atoms with E-state index in [4.69, 9.17) is 9.47 Å². The zero-order valence-electron chi connectivity index (χ0n) is 16.2. The smallest absolute Gasteiger partial charge is 0.258 e. The van der Waals surface area contributed by atoms with Crippen molar-refractivity contribution in [2.24, 2.45) is 0 Å². The summed E-state index contributed by atoms with van der Waals surface area (Å²) in [5.74, 6) is 0.241. The van der Waals surface area contributed by atoms with E-state index in [9.17, 15) is 14.4 Å². The predicted molar refractivity (Wildman–Crippen MR) is 106 cm³/mol. The highest BCUT2D eigenvalue weighted by atomic mass is 16.5. The Morgan fingerprint density at radius 2 is 1.79 bits per heavy atom. The van der Waals surface area contributed by atoms with Crippen molar-refractivity contribution in [3.63, 3.8) is 0 Å². The molecule has 0 aliphatic rings. The van der Waals surface area contributed by atoms with Crippen LogP contribution in [0.2, 0.25) is 0 Å². The number of ether oxygens (including phenoxy) is 2. The van der Waals surface area contributed by atoms with Crippen molar-refractivity contribution < 1.29 is 23.9 Å². The molecule has 2 rings (SSSR count). The van der Waals surface area contributed by atoms with E-state index < -0.39 is 0 Å². The van der Waals surface area contributed by atoms with Crippen LogP contribution >= 0.6 is 0 Å². The Bertz CT molecular complexity index is 864. The van der Waals surface area contributed by atoms with Gasteiger partial charge >= 0.3 is 0 Å². The Morgan fingerprint density at radius 3 is 2.46 bits per heavy atom. The highest BCUT2D eigenvalue weighted by molar-refractivity contribution is 5.96. The second kappa shape index (κ2) is 10.1. The minimum Gasteiger partial charge on any atom is -0.492 e. The lowest BCUT2D eigenvalue weighted by atomic mass is 10.1. The van der Waals surface area contributed by atoms with Gasteiger partial charge in [0.1, 0.15) is 18.1 Å². The number of amides is 2. The van der Waals surface area contributed by atoms with Gasteiger partial charge in [0.05, 0.1) is 12.2 Å². The first-order valence-electron chi connectivity index (χ1n) is 8.86. The zero-order valence-corrected chi connectivity index (χ0v) is 16.2. The number of carbonyl (C=O) groups is 3. The first kappa shape index (κ1) is 21.0. The molecule has 0 atom stereocenters. The molecule has 0 radical (unpaired) electrons. The maximum absolute atomic E-state index is 12.0. The first-order chi connectivity index (χ1) is 13.3. The van der Waals surface area contributed by atoms with Crippen LogP contribution in [0.1, 0.15) is 29.8 Å². The number of ketones is 1. The quantitative estimate of drug-likeness (QED) is 0.512. The van der Waals surface area contributed by atoms with E-state index in [0.717, 1.165) is 11.3 Å². The van der Waals surface area contributed by atoms with Gasteiger partial charge in [-0.3, -0.25) is 14.4 Å². The van der Waals surface area contributed by atoms with E-state index in [0.29, 0.717) is 24.4 Å². The van der Waals surface area contributed by atoms with Gasteiger partial charge in [-0.15, -0.1) is 0 Å². The Morgan fingerprint density at radius 1 is 1.00 bits per heavy atom. The molecule has 2 N–H and O–H groups in total. The molecule has 2 amide bonds. The van der Waals surface area contributed by atoms with Gasteiger partial charge in [0.15, 0.2) is 12.4 Å². The molecule has 0 aliphatic carbocycles. The summed E-state index contributed by atoms with van der Waals surface area (Å²) in [6, 6.07) is 12.3. The minimum atomic E-state index is -0.338. The second-order valence-corrected chi connectivity index (χ2v) is 6.25. The van der Waals surface area contributed by atoms with Gasteiger partial charge in [0.2, 0.25) is 5.91 Å². The third kappa shape index (κ3) is 6.75. The lowest BCUT2D eigenvalue weighted by Gasteiger charge is -2.13. The Hall–Kier alpha value is -3.35. The molecule has 0 aliphatic heterocycles. The van der Waals surface area contributed by atoms with E-state index in [1.165, 1.54) is 19.9 Å². The molecule has 0 unspecified atom stereocenters. The molecule has 2 aromatic carbocycles. The third-order valence-electron chi connectivity index (χ3n) is 3.74. The van der Waals surface area contributed by atoms with Gasteiger partial charge < -0.3 is 20.1 Å². The molecule has 7 heteroatoms. The van der Waals surface area contributed by atoms with Crippen LogP contribution in [0.5, 0.6) is 11.5 Å². The number of anilines is 1. The van der Waals surface area contributed by atoms with Crippen molar-refractivity contribution in [3.05, 3.63) is 53.6 Å². The molecule has 0 saturated heterocycles. The normalized spacial score (nSPS) is 10.1. The van der Waals surface area contributed by atoms with E-state index in [1.807, 2.05) is 31.2 Å². The molecule has 0 saturated carbocycles. The average Bonchev–Trinajstić information content (AvgIpc) is 2.64. The van der Waals surface area contributed by atoms with Crippen molar-refractivity contribution in [2.75, 3.05) is 25.1 Å². The molecule has 7 nitrogen and oxygen atoms in total. The largest absolute Gasteiger partial charge is 0.492 e. The van der Waals surface area contributed by atoms with Crippen molar-refractivity contribution in [2.45, 2.75) is 20.8 Å². The standard InChI is InChI=1S/C21H24N2O5/c1-14-5-4-6-18(11-14)27-10-9-22-21(26)13-28-20-12-17(15(2)24)7-8-19(20)23-16(3)25/h4-8,11-12H,9-10,13H2,1-3H3,(H,22,26)(H,23,25). The van der Waals surface area contributed by atoms with Gasteiger partial charge in [-0.05, 0) is 49.7 Å². The van der Waals surface area contributed by atoms with Gasteiger partial charge in [0, 0.05) is 12.5 Å². The molecule has 0 heterocycles. The lowest BCUT2D eigenvalue weighted by molar-refractivity contribution is -0.123. The number of carbonyl (C=O) groups excluding carboxylic acids is 3. The Labute approximate surface area is 164 Å². The predicted octanol–water partition coefficient (Wildman–Crippen LogP) is 2.73. The number of benzene rings is 2. The summed E-state index contributed by atoms with van der Waals surface area (Å²) < 4.78 is 11.1. The molecular formula is C21H24N2O5. The zero-order chi connectivity index (χ0) is 20.5. The van der Waals surface area contributed by atoms with Crippen molar-refractivity contribution >= 4 is 23.3 Å². The highest BCUT2D eigenvalue weighted by Crippen LogP contribution is 2.26. The van der Waals surface area contributed by atoms with Crippen molar-refractivity contribution in [1.82, 2.24) is 5.32 Å². The van der Waals surface area contributed by atoms with Crippen LogP contribution in [0.4, 0.5) is 5.69 Å². The van der Waals surface area contributed by atoms with Crippen LogP contribution in [-0.4, -0.2) is 37.4 Å². The average molecular weight is 384 g/mol. The van der Waals surface area contributed by atoms with Crippen LogP contribution < -0.4 is 20.1 Å². The summed E-state index contributed by atoms with van der Waals surface area (Å²) in [5.41, 5.74) is 1.92. The van der Waals surface area contributed by atoms with Crippen LogP contribution in [0.3, 0.4) is 0 Å². The minimum absolute atomic E-state index is 0.142. The topological polar surface area (TPSA) is 93.7 Å². The SMILES string of the molecule is CC(=O)Nc1ccc(C(C)=O)cc1OCC(=O)NCCOc1cccc(C)c1. The maximum atomic E-state index is 12.0. The Kier molecular flexibility index (Phi) is 7.56. The monoisotopic (exact) mass is 384 g/mol. The number of Topliss-reactive ketones (excluding diaryl/α,β-unsaturated/α-hetero) is 1. The molecule has 0 fully saturated rings. The summed E-state index contributed by atoms with van der Waals surface area (Å²) in [6.07, 6.45) is 0. The molecule has 28 heavy (non-hydrogen) atoms. The van der Waals surface area contributed by atoms with Gasteiger partial charge in [-0.1, -0.05) is 12.1 Å². The highest BCUT2D eigenvalue weighted by Gasteiger charge is 2.11. The van der Waals surface area contributed by atoms with Crippen LogP contribution in [0.15, 0.2) is 42.5 Å². The fourth-order valence-corrected chi connectivity index (χ4v) is 2.41. The van der Waals surface area contributed by atoms with Crippen LogP contribution in [0.25, 0.3) is 0 Å². The molecule has 0 aromatic heterocycles. The number of hydrogen-bond acceptors (Lipinski definition) is 5. The molecule has 0 bridgehead atoms. The summed E-state index contributed by atoms with van der Waals surface area (Å²) >= 11 is 0. The lowest BCUT2D eigenvalue weighted by Crippen LogP contribution is -2.32.